The molecule has 0 saturated heterocycles. The second-order valence-electron chi connectivity index (χ2n) is 3.44. The lowest BCUT2D eigenvalue weighted by Gasteiger charge is -2.14. The monoisotopic (exact) mass is 225 g/mol. The Morgan fingerprint density at radius 3 is 2.69 bits per heavy atom. The quantitative estimate of drug-likeness (QED) is 0.769. The summed E-state index contributed by atoms with van der Waals surface area (Å²) in [7, 11) is 1.59. The summed E-state index contributed by atoms with van der Waals surface area (Å²) in [5, 5.41) is 9.80. The van der Waals surface area contributed by atoms with Crippen molar-refractivity contribution >= 4 is 0 Å². The first-order valence-electron chi connectivity index (χ1n) is 5.41. The third-order valence-corrected chi connectivity index (χ3v) is 2.31. The Kier molecular flexibility index (Phi) is 5.08. The summed E-state index contributed by atoms with van der Waals surface area (Å²) < 4.78 is 10.6. The summed E-state index contributed by atoms with van der Waals surface area (Å²) >= 11 is 0. The lowest BCUT2D eigenvalue weighted by atomic mass is 10.1. The number of benzene rings is 1. The van der Waals surface area contributed by atoms with Crippen LogP contribution < -0.4 is 15.2 Å². The number of nitrogens with two attached hydrogens (primary N) is 1. The van der Waals surface area contributed by atoms with Crippen LogP contribution in [0.5, 0.6) is 11.5 Å². The standard InChI is InChI=1S/C12H19NO3/c1-3-16-12-8-9(10(14)6-7-13)4-5-11(12)15-2/h4-5,8,10,14H,3,6-7,13H2,1-2H3. The van der Waals surface area contributed by atoms with Gasteiger partial charge in [-0.15, -0.1) is 0 Å². The van der Waals surface area contributed by atoms with E-state index in [1.807, 2.05) is 13.0 Å². The number of hydrogen-bond donors (Lipinski definition) is 2. The lowest BCUT2D eigenvalue weighted by Crippen LogP contribution is -2.07. The van der Waals surface area contributed by atoms with Gasteiger partial charge in [0.15, 0.2) is 11.5 Å². The van der Waals surface area contributed by atoms with Crippen LogP contribution in [0.2, 0.25) is 0 Å². The van der Waals surface area contributed by atoms with Gasteiger partial charge in [0.2, 0.25) is 0 Å². The molecule has 0 aliphatic heterocycles. The van der Waals surface area contributed by atoms with Crippen molar-refractivity contribution in [1.29, 1.82) is 0 Å². The maximum atomic E-state index is 9.80. The van der Waals surface area contributed by atoms with E-state index < -0.39 is 6.10 Å². The Bertz CT molecular complexity index is 328. The van der Waals surface area contributed by atoms with Crippen LogP contribution in [0.15, 0.2) is 18.2 Å². The van der Waals surface area contributed by atoms with Gasteiger partial charge in [-0.1, -0.05) is 6.07 Å². The highest BCUT2D eigenvalue weighted by atomic mass is 16.5. The molecular formula is C12H19NO3. The molecule has 3 N–H and O–H groups in total. The van der Waals surface area contributed by atoms with Gasteiger partial charge in [0.25, 0.3) is 0 Å². The van der Waals surface area contributed by atoms with Gasteiger partial charge in [0.1, 0.15) is 0 Å². The molecule has 0 radical (unpaired) electrons. The van der Waals surface area contributed by atoms with Crippen molar-refractivity contribution in [2.24, 2.45) is 5.73 Å². The SMILES string of the molecule is CCOc1cc(C(O)CCN)ccc1OC. The Balaban J connectivity index is 2.91. The Hall–Kier alpha value is -1.26. The summed E-state index contributed by atoms with van der Waals surface area (Å²) in [5.41, 5.74) is 6.20. The molecule has 4 heteroatoms. The first kappa shape index (κ1) is 12.8. The van der Waals surface area contributed by atoms with E-state index >= 15 is 0 Å². The minimum absolute atomic E-state index is 0.456. The van der Waals surface area contributed by atoms with E-state index in [9.17, 15) is 5.11 Å². The van der Waals surface area contributed by atoms with Gasteiger partial charge < -0.3 is 20.3 Å². The predicted molar refractivity (Wildman–Crippen MR) is 62.8 cm³/mol. The first-order chi connectivity index (χ1) is 7.72. The fraction of sp³-hybridized carbons (Fsp3) is 0.500. The molecule has 16 heavy (non-hydrogen) atoms. The average Bonchev–Trinajstić information content (AvgIpc) is 2.29. The topological polar surface area (TPSA) is 64.7 Å². The van der Waals surface area contributed by atoms with Gasteiger partial charge in [0, 0.05) is 0 Å². The van der Waals surface area contributed by atoms with Gasteiger partial charge in [-0.3, -0.25) is 0 Å². The molecule has 0 spiro atoms. The molecule has 1 rings (SSSR count). The van der Waals surface area contributed by atoms with Crippen LogP contribution in [0.3, 0.4) is 0 Å². The summed E-state index contributed by atoms with van der Waals surface area (Å²) in [4.78, 5) is 0. The highest BCUT2D eigenvalue weighted by Crippen LogP contribution is 2.30. The molecular weight excluding hydrogens is 206 g/mol. The van der Waals surface area contributed by atoms with E-state index in [0.29, 0.717) is 31.1 Å². The van der Waals surface area contributed by atoms with Crippen molar-refractivity contribution in [2.75, 3.05) is 20.3 Å². The Morgan fingerprint density at radius 2 is 2.12 bits per heavy atom. The normalized spacial score (nSPS) is 12.2. The van der Waals surface area contributed by atoms with Crippen molar-refractivity contribution in [3.05, 3.63) is 23.8 Å². The Morgan fingerprint density at radius 1 is 1.38 bits per heavy atom. The molecule has 0 amide bonds. The minimum Gasteiger partial charge on any atom is -0.493 e. The zero-order chi connectivity index (χ0) is 12.0. The maximum Gasteiger partial charge on any atom is 0.161 e. The fourth-order valence-electron chi connectivity index (χ4n) is 1.49. The summed E-state index contributed by atoms with van der Waals surface area (Å²) in [6.07, 6.45) is -0.00662. The van der Waals surface area contributed by atoms with Gasteiger partial charge >= 0.3 is 0 Å². The van der Waals surface area contributed by atoms with Crippen LogP contribution in [-0.4, -0.2) is 25.4 Å². The summed E-state index contributed by atoms with van der Waals surface area (Å²) in [6, 6.07) is 5.41. The van der Waals surface area contributed by atoms with Crippen molar-refractivity contribution in [3.63, 3.8) is 0 Å². The second-order valence-corrected chi connectivity index (χ2v) is 3.44. The average molecular weight is 225 g/mol. The van der Waals surface area contributed by atoms with Crippen molar-refractivity contribution in [1.82, 2.24) is 0 Å². The smallest absolute Gasteiger partial charge is 0.161 e. The summed E-state index contributed by atoms with van der Waals surface area (Å²) in [5.74, 6) is 1.32. The van der Waals surface area contributed by atoms with E-state index in [4.69, 9.17) is 15.2 Å². The molecule has 1 aromatic carbocycles. The number of hydrogen-bond acceptors (Lipinski definition) is 4. The molecule has 1 aromatic rings. The zero-order valence-corrected chi connectivity index (χ0v) is 9.77. The molecule has 0 fully saturated rings. The highest BCUT2D eigenvalue weighted by molar-refractivity contribution is 5.43. The third-order valence-electron chi connectivity index (χ3n) is 2.31. The van der Waals surface area contributed by atoms with Crippen LogP contribution in [-0.2, 0) is 0 Å². The van der Waals surface area contributed by atoms with Crippen LogP contribution in [0.1, 0.15) is 25.0 Å². The molecule has 0 saturated carbocycles. The van der Waals surface area contributed by atoms with Gasteiger partial charge in [-0.2, -0.15) is 0 Å². The van der Waals surface area contributed by atoms with Crippen molar-refractivity contribution < 1.29 is 14.6 Å². The molecule has 0 aliphatic rings. The van der Waals surface area contributed by atoms with Crippen LogP contribution in [0.25, 0.3) is 0 Å². The molecule has 1 atom stereocenters. The molecule has 0 aromatic heterocycles. The molecule has 0 heterocycles. The Labute approximate surface area is 96.0 Å². The van der Waals surface area contributed by atoms with E-state index in [1.54, 1.807) is 19.2 Å². The van der Waals surface area contributed by atoms with Crippen LogP contribution in [0.4, 0.5) is 0 Å². The summed E-state index contributed by atoms with van der Waals surface area (Å²) in [6.45, 7) is 2.92. The van der Waals surface area contributed by atoms with E-state index in [2.05, 4.69) is 0 Å². The van der Waals surface area contributed by atoms with Crippen molar-refractivity contribution in [2.45, 2.75) is 19.4 Å². The second kappa shape index (κ2) is 6.35. The number of ether oxygens (including phenoxy) is 2. The first-order valence-corrected chi connectivity index (χ1v) is 5.41. The molecule has 4 nitrogen and oxygen atoms in total. The van der Waals surface area contributed by atoms with Gasteiger partial charge in [-0.05, 0) is 37.6 Å². The number of aliphatic hydroxyl groups is 1. The molecule has 0 bridgehead atoms. The maximum absolute atomic E-state index is 9.80. The van der Waals surface area contributed by atoms with E-state index in [1.165, 1.54) is 0 Å². The highest BCUT2D eigenvalue weighted by Gasteiger charge is 2.11. The van der Waals surface area contributed by atoms with Crippen LogP contribution >= 0.6 is 0 Å². The lowest BCUT2D eigenvalue weighted by molar-refractivity contribution is 0.169. The number of methoxy groups -OCH3 is 1. The largest absolute Gasteiger partial charge is 0.493 e. The van der Waals surface area contributed by atoms with Gasteiger partial charge in [0.05, 0.1) is 19.8 Å². The zero-order valence-electron chi connectivity index (χ0n) is 9.77. The van der Waals surface area contributed by atoms with E-state index in [-0.39, 0.29) is 0 Å². The van der Waals surface area contributed by atoms with E-state index in [0.717, 1.165) is 5.56 Å². The number of rotatable bonds is 6. The van der Waals surface area contributed by atoms with Crippen molar-refractivity contribution in [3.8, 4) is 11.5 Å². The minimum atomic E-state index is -0.546. The van der Waals surface area contributed by atoms with Gasteiger partial charge in [-0.25, -0.2) is 0 Å². The fourth-order valence-corrected chi connectivity index (χ4v) is 1.49. The molecule has 0 aliphatic carbocycles. The molecule has 90 valence electrons. The molecule has 1 unspecified atom stereocenters. The number of aliphatic hydroxyl groups excluding tert-OH is 1. The van der Waals surface area contributed by atoms with Crippen LogP contribution in [0, 0.1) is 0 Å². The third kappa shape index (κ3) is 3.12. The predicted octanol–water partition coefficient (Wildman–Crippen LogP) is 1.48.